The highest BCUT2D eigenvalue weighted by molar-refractivity contribution is 6.52. The first-order valence-corrected chi connectivity index (χ1v) is 6.83. The van der Waals surface area contributed by atoms with Gasteiger partial charge in [-0.25, -0.2) is 0 Å². The number of Topliss-reactive ketones (excluding diaryl/α,β-unsaturated/α-hetero) is 1. The minimum absolute atomic E-state index is 0.184. The third-order valence-electron chi connectivity index (χ3n) is 3.72. The number of amides is 2. The molecule has 3 rings (SSSR count). The first kappa shape index (κ1) is 14.0. The largest absolute Gasteiger partial charge is 0.366 e. The number of carbonyl (C=O) groups excluding carboxylic acids is 3. The maximum absolute atomic E-state index is 12.2. The smallest absolute Gasteiger partial charge is 0.299 e. The number of benzene rings is 2. The van der Waals surface area contributed by atoms with Gasteiger partial charge in [0, 0.05) is 0 Å². The van der Waals surface area contributed by atoms with E-state index in [2.05, 4.69) is 0 Å². The Balaban J connectivity index is 2.07. The molecular weight excluding hydrogens is 280 g/mol. The third kappa shape index (κ3) is 2.16. The molecule has 0 saturated carbocycles. The van der Waals surface area contributed by atoms with Crippen LogP contribution in [0, 0.1) is 6.92 Å². The standard InChI is InChI=1S/C17H14N2O3/c1-10-5-7-11(8-6-10)9-19-14-12(15(20)17(19)22)3-2-4-13(14)16(18)21/h2-8H,9H2,1H3,(H2,18,21). The highest BCUT2D eigenvalue weighted by Gasteiger charge is 2.38. The van der Waals surface area contributed by atoms with Crippen LogP contribution in [-0.2, 0) is 11.3 Å². The summed E-state index contributed by atoms with van der Waals surface area (Å²) in [5.74, 6) is -1.90. The van der Waals surface area contributed by atoms with E-state index in [1.165, 1.54) is 17.0 Å². The zero-order valence-corrected chi connectivity index (χ0v) is 12.0. The van der Waals surface area contributed by atoms with Crippen LogP contribution < -0.4 is 10.6 Å². The van der Waals surface area contributed by atoms with Crippen molar-refractivity contribution in [2.75, 3.05) is 4.90 Å². The summed E-state index contributed by atoms with van der Waals surface area (Å²) >= 11 is 0. The molecule has 5 heteroatoms. The van der Waals surface area contributed by atoms with E-state index in [4.69, 9.17) is 5.73 Å². The summed E-state index contributed by atoms with van der Waals surface area (Å²) in [5.41, 5.74) is 8.07. The number of fused-ring (bicyclic) bond motifs is 1. The average molecular weight is 294 g/mol. The van der Waals surface area contributed by atoms with E-state index >= 15 is 0 Å². The van der Waals surface area contributed by atoms with E-state index < -0.39 is 17.6 Å². The maximum atomic E-state index is 12.2. The molecule has 22 heavy (non-hydrogen) atoms. The van der Waals surface area contributed by atoms with Gasteiger partial charge in [-0.05, 0) is 24.6 Å². The molecule has 0 fully saturated rings. The molecule has 2 amide bonds. The number of hydrogen-bond donors (Lipinski definition) is 1. The predicted octanol–water partition coefficient (Wildman–Crippen LogP) is 1.82. The number of ketones is 1. The van der Waals surface area contributed by atoms with E-state index in [1.54, 1.807) is 6.07 Å². The molecule has 5 nitrogen and oxygen atoms in total. The van der Waals surface area contributed by atoms with Crippen LogP contribution in [0.1, 0.15) is 31.8 Å². The summed E-state index contributed by atoms with van der Waals surface area (Å²) in [4.78, 5) is 37.2. The van der Waals surface area contributed by atoms with Crippen molar-refractivity contribution >= 4 is 23.3 Å². The van der Waals surface area contributed by atoms with Crippen molar-refractivity contribution in [2.45, 2.75) is 13.5 Å². The van der Waals surface area contributed by atoms with Crippen molar-refractivity contribution < 1.29 is 14.4 Å². The molecule has 0 saturated heterocycles. The molecule has 110 valence electrons. The van der Waals surface area contributed by atoms with E-state index in [0.29, 0.717) is 5.69 Å². The normalized spacial score (nSPS) is 13.4. The van der Waals surface area contributed by atoms with Crippen LogP contribution in [0.4, 0.5) is 5.69 Å². The second-order valence-corrected chi connectivity index (χ2v) is 5.27. The Morgan fingerprint density at radius 2 is 1.77 bits per heavy atom. The number of rotatable bonds is 3. The van der Waals surface area contributed by atoms with Crippen LogP contribution >= 0.6 is 0 Å². The number of aryl methyl sites for hydroxylation is 1. The van der Waals surface area contributed by atoms with E-state index in [-0.39, 0.29) is 17.7 Å². The number of nitrogens with zero attached hydrogens (tertiary/aromatic N) is 1. The summed E-state index contributed by atoms with van der Waals surface area (Å²) in [5, 5.41) is 0. The molecule has 1 aliphatic heterocycles. The molecule has 0 unspecified atom stereocenters. The molecular formula is C17H14N2O3. The third-order valence-corrected chi connectivity index (χ3v) is 3.72. The molecule has 0 radical (unpaired) electrons. The first-order valence-electron chi connectivity index (χ1n) is 6.83. The lowest BCUT2D eigenvalue weighted by atomic mass is 10.1. The Bertz CT molecular complexity index is 794. The second-order valence-electron chi connectivity index (χ2n) is 5.27. The van der Waals surface area contributed by atoms with Crippen molar-refractivity contribution in [3.63, 3.8) is 0 Å². The monoisotopic (exact) mass is 294 g/mol. The Morgan fingerprint density at radius 3 is 2.41 bits per heavy atom. The highest BCUT2D eigenvalue weighted by Crippen LogP contribution is 2.33. The molecule has 0 atom stereocenters. The van der Waals surface area contributed by atoms with Crippen molar-refractivity contribution in [3.8, 4) is 0 Å². The molecule has 2 aromatic rings. The van der Waals surface area contributed by atoms with Crippen LogP contribution in [0.25, 0.3) is 0 Å². The van der Waals surface area contributed by atoms with Crippen molar-refractivity contribution in [3.05, 3.63) is 64.7 Å². The quantitative estimate of drug-likeness (QED) is 0.877. The molecule has 2 aromatic carbocycles. The van der Waals surface area contributed by atoms with Gasteiger partial charge in [0.1, 0.15) is 0 Å². The van der Waals surface area contributed by atoms with E-state index in [0.717, 1.165) is 11.1 Å². The lowest BCUT2D eigenvalue weighted by Gasteiger charge is -2.18. The second kappa shape index (κ2) is 5.11. The Labute approximate surface area is 127 Å². The van der Waals surface area contributed by atoms with Gasteiger partial charge in [-0.1, -0.05) is 35.9 Å². The molecule has 0 aromatic heterocycles. The minimum atomic E-state index is -0.659. The average Bonchev–Trinajstić information content (AvgIpc) is 2.74. The van der Waals surface area contributed by atoms with Crippen LogP contribution in [0.5, 0.6) is 0 Å². The summed E-state index contributed by atoms with van der Waals surface area (Å²) < 4.78 is 0. The summed E-state index contributed by atoms with van der Waals surface area (Å²) in [7, 11) is 0. The van der Waals surface area contributed by atoms with Gasteiger partial charge in [0.05, 0.1) is 23.4 Å². The number of carbonyl (C=O) groups is 3. The lowest BCUT2D eigenvalue weighted by Crippen LogP contribution is -2.30. The van der Waals surface area contributed by atoms with Crippen LogP contribution in [0.3, 0.4) is 0 Å². The number of para-hydroxylation sites is 1. The van der Waals surface area contributed by atoms with Crippen LogP contribution in [-0.4, -0.2) is 17.6 Å². The van der Waals surface area contributed by atoms with Crippen molar-refractivity contribution in [1.82, 2.24) is 0 Å². The molecule has 0 spiro atoms. The van der Waals surface area contributed by atoms with Crippen molar-refractivity contribution in [2.24, 2.45) is 5.73 Å². The number of hydrogen-bond acceptors (Lipinski definition) is 3. The fourth-order valence-electron chi connectivity index (χ4n) is 2.58. The van der Waals surface area contributed by atoms with Gasteiger partial charge in [0.25, 0.3) is 17.6 Å². The summed E-state index contributed by atoms with van der Waals surface area (Å²) in [6.07, 6.45) is 0. The zero-order chi connectivity index (χ0) is 15.9. The van der Waals surface area contributed by atoms with Gasteiger partial charge in [-0.2, -0.15) is 0 Å². The Hall–Kier alpha value is -2.95. The van der Waals surface area contributed by atoms with Gasteiger partial charge in [0.15, 0.2) is 0 Å². The van der Waals surface area contributed by atoms with Crippen LogP contribution in [0.2, 0.25) is 0 Å². The fourth-order valence-corrected chi connectivity index (χ4v) is 2.58. The fraction of sp³-hybridized carbons (Fsp3) is 0.118. The Morgan fingerprint density at radius 1 is 1.09 bits per heavy atom. The minimum Gasteiger partial charge on any atom is -0.366 e. The molecule has 1 heterocycles. The lowest BCUT2D eigenvalue weighted by molar-refractivity contribution is -0.114. The molecule has 0 bridgehead atoms. The first-order chi connectivity index (χ1) is 10.5. The number of nitrogens with two attached hydrogens (primary N) is 1. The van der Waals surface area contributed by atoms with Gasteiger partial charge in [0.2, 0.25) is 0 Å². The van der Waals surface area contributed by atoms with E-state index in [9.17, 15) is 14.4 Å². The highest BCUT2D eigenvalue weighted by atomic mass is 16.2. The van der Waals surface area contributed by atoms with Gasteiger partial charge >= 0.3 is 0 Å². The summed E-state index contributed by atoms with van der Waals surface area (Å²) in [6.45, 7) is 2.19. The number of anilines is 1. The molecule has 0 aliphatic carbocycles. The zero-order valence-electron chi connectivity index (χ0n) is 12.0. The van der Waals surface area contributed by atoms with Gasteiger partial charge < -0.3 is 5.73 Å². The van der Waals surface area contributed by atoms with Crippen molar-refractivity contribution in [1.29, 1.82) is 0 Å². The SMILES string of the molecule is Cc1ccc(CN2C(=O)C(=O)c3cccc(C(N)=O)c32)cc1. The van der Waals surface area contributed by atoms with Gasteiger partial charge in [-0.3, -0.25) is 19.3 Å². The molecule has 1 aliphatic rings. The summed E-state index contributed by atoms with van der Waals surface area (Å²) in [6, 6.07) is 12.2. The molecule has 2 N–H and O–H groups in total. The van der Waals surface area contributed by atoms with E-state index in [1.807, 2.05) is 31.2 Å². The van der Waals surface area contributed by atoms with Gasteiger partial charge in [-0.15, -0.1) is 0 Å². The van der Waals surface area contributed by atoms with Crippen LogP contribution in [0.15, 0.2) is 42.5 Å². The maximum Gasteiger partial charge on any atom is 0.299 e. The Kier molecular flexibility index (Phi) is 3.25. The number of primary amides is 1. The predicted molar refractivity (Wildman–Crippen MR) is 81.7 cm³/mol. The topological polar surface area (TPSA) is 80.5 Å².